The number of hydrogen-bond donors (Lipinski definition) is 2. The molecule has 1 rings (SSSR count). The summed E-state index contributed by atoms with van der Waals surface area (Å²) in [5, 5.41) is 5.99. The fourth-order valence-corrected chi connectivity index (χ4v) is 1.47. The zero-order chi connectivity index (χ0) is 12.3. The molecular weight excluding hydrogens is 214 g/mol. The molecule has 1 aromatic heterocycles. The van der Waals surface area contributed by atoms with Gasteiger partial charge in [-0.2, -0.15) is 0 Å². The predicted molar refractivity (Wildman–Crippen MR) is 68.5 cm³/mol. The molecule has 0 saturated heterocycles. The number of rotatable bonds is 8. The van der Waals surface area contributed by atoms with Gasteiger partial charge in [0.25, 0.3) is 0 Å². The lowest BCUT2D eigenvalue weighted by molar-refractivity contribution is -0.120. The van der Waals surface area contributed by atoms with E-state index in [1.54, 1.807) is 12.4 Å². The van der Waals surface area contributed by atoms with E-state index in [9.17, 15) is 4.79 Å². The summed E-state index contributed by atoms with van der Waals surface area (Å²) in [6.45, 7) is 4.05. The fraction of sp³-hybridized carbons (Fsp3) is 0.538. The van der Waals surface area contributed by atoms with Crippen molar-refractivity contribution in [2.75, 3.05) is 13.1 Å². The van der Waals surface area contributed by atoms with E-state index in [1.165, 1.54) is 12.8 Å². The first-order valence-electron chi connectivity index (χ1n) is 6.19. The summed E-state index contributed by atoms with van der Waals surface area (Å²) < 4.78 is 0. The average Bonchev–Trinajstić information content (AvgIpc) is 2.37. The number of aromatic nitrogens is 1. The molecule has 0 bridgehead atoms. The Morgan fingerprint density at radius 2 is 2.06 bits per heavy atom. The van der Waals surface area contributed by atoms with Crippen LogP contribution < -0.4 is 10.6 Å². The molecule has 0 spiro atoms. The molecule has 17 heavy (non-hydrogen) atoms. The number of nitrogens with one attached hydrogen (secondary N) is 2. The Labute approximate surface area is 103 Å². The molecule has 4 heteroatoms. The summed E-state index contributed by atoms with van der Waals surface area (Å²) in [5.74, 6) is 0.0401. The summed E-state index contributed by atoms with van der Waals surface area (Å²) in [6, 6.07) is 3.80. The zero-order valence-electron chi connectivity index (χ0n) is 10.4. The maximum atomic E-state index is 11.5. The van der Waals surface area contributed by atoms with Crippen molar-refractivity contribution in [1.29, 1.82) is 0 Å². The number of carbonyl (C=O) groups excluding carboxylic acids is 1. The quantitative estimate of drug-likeness (QED) is 0.671. The summed E-state index contributed by atoms with van der Waals surface area (Å²) in [7, 11) is 0. The van der Waals surface area contributed by atoms with Gasteiger partial charge in [0.05, 0.1) is 6.54 Å². The topological polar surface area (TPSA) is 54.0 Å². The van der Waals surface area contributed by atoms with Crippen LogP contribution in [-0.4, -0.2) is 24.0 Å². The Hall–Kier alpha value is -1.42. The van der Waals surface area contributed by atoms with Crippen molar-refractivity contribution >= 4 is 5.91 Å². The van der Waals surface area contributed by atoms with Crippen molar-refractivity contribution < 1.29 is 4.79 Å². The molecular formula is C13H21N3O. The van der Waals surface area contributed by atoms with Crippen LogP contribution in [0.2, 0.25) is 0 Å². The number of nitrogens with zero attached hydrogens (tertiary/aromatic N) is 1. The Morgan fingerprint density at radius 1 is 1.29 bits per heavy atom. The van der Waals surface area contributed by atoms with Gasteiger partial charge in [-0.1, -0.05) is 19.8 Å². The molecule has 94 valence electrons. The second-order valence-corrected chi connectivity index (χ2v) is 4.02. The highest BCUT2D eigenvalue weighted by atomic mass is 16.1. The maximum absolute atomic E-state index is 11.5. The normalized spacial score (nSPS) is 10.2. The second-order valence-electron chi connectivity index (χ2n) is 4.02. The van der Waals surface area contributed by atoms with Crippen molar-refractivity contribution in [3.63, 3.8) is 0 Å². The lowest BCUT2D eigenvalue weighted by Gasteiger charge is -2.06. The van der Waals surface area contributed by atoms with E-state index in [0.29, 0.717) is 13.1 Å². The number of carbonyl (C=O) groups is 1. The third kappa shape index (κ3) is 6.68. The standard InChI is InChI=1S/C13H21N3O/c1-2-3-4-7-15-11-13(17)16-10-12-5-8-14-9-6-12/h5-6,8-9,15H,2-4,7,10-11H2,1H3,(H,16,17). The Morgan fingerprint density at radius 3 is 2.76 bits per heavy atom. The molecule has 0 unspecified atom stereocenters. The van der Waals surface area contributed by atoms with Crippen LogP contribution in [0, 0.1) is 0 Å². The van der Waals surface area contributed by atoms with E-state index in [1.807, 2.05) is 12.1 Å². The van der Waals surface area contributed by atoms with Gasteiger partial charge in [0.2, 0.25) is 5.91 Å². The monoisotopic (exact) mass is 235 g/mol. The Balaban J connectivity index is 2.05. The highest BCUT2D eigenvalue weighted by molar-refractivity contribution is 5.77. The second kappa shape index (κ2) is 8.70. The van der Waals surface area contributed by atoms with E-state index in [2.05, 4.69) is 22.5 Å². The molecule has 0 fully saturated rings. The van der Waals surface area contributed by atoms with Gasteiger partial charge in [-0.25, -0.2) is 0 Å². The van der Waals surface area contributed by atoms with Crippen molar-refractivity contribution in [2.24, 2.45) is 0 Å². The smallest absolute Gasteiger partial charge is 0.234 e. The average molecular weight is 235 g/mol. The van der Waals surface area contributed by atoms with Gasteiger partial charge in [-0.05, 0) is 30.7 Å². The number of hydrogen-bond acceptors (Lipinski definition) is 3. The summed E-state index contributed by atoms with van der Waals surface area (Å²) >= 11 is 0. The van der Waals surface area contributed by atoms with Gasteiger partial charge >= 0.3 is 0 Å². The SMILES string of the molecule is CCCCCNCC(=O)NCc1ccncc1. The number of amides is 1. The van der Waals surface area contributed by atoms with Crippen molar-refractivity contribution in [2.45, 2.75) is 32.7 Å². The molecule has 0 aliphatic heterocycles. The first-order valence-corrected chi connectivity index (χ1v) is 6.19. The number of pyridine rings is 1. The predicted octanol–water partition coefficient (Wildman–Crippen LogP) is 1.48. The maximum Gasteiger partial charge on any atom is 0.234 e. The molecule has 0 radical (unpaired) electrons. The number of unbranched alkanes of at least 4 members (excludes halogenated alkanes) is 2. The molecule has 0 atom stereocenters. The zero-order valence-corrected chi connectivity index (χ0v) is 10.4. The van der Waals surface area contributed by atoms with Crippen LogP contribution in [0.5, 0.6) is 0 Å². The summed E-state index contributed by atoms with van der Waals surface area (Å²) in [5.41, 5.74) is 1.07. The molecule has 0 aliphatic carbocycles. The summed E-state index contributed by atoms with van der Waals surface area (Å²) in [6.07, 6.45) is 7.00. The van der Waals surface area contributed by atoms with Crippen LogP contribution in [0.1, 0.15) is 31.7 Å². The minimum Gasteiger partial charge on any atom is -0.351 e. The Bertz CT molecular complexity index is 314. The van der Waals surface area contributed by atoms with Crippen molar-refractivity contribution in [3.8, 4) is 0 Å². The molecule has 4 nitrogen and oxygen atoms in total. The van der Waals surface area contributed by atoms with Crippen molar-refractivity contribution in [1.82, 2.24) is 15.6 Å². The lowest BCUT2D eigenvalue weighted by atomic mass is 10.2. The van der Waals surface area contributed by atoms with Gasteiger partial charge < -0.3 is 10.6 Å². The van der Waals surface area contributed by atoms with E-state index in [0.717, 1.165) is 18.5 Å². The third-order valence-electron chi connectivity index (χ3n) is 2.48. The van der Waals surface area contributed by atoms with E-state index >= 15 is 0 Å². The van der Waals surface area contributed by atoms with Crippen LogP contribution in [0.3, 0.4) is 0 Å². The molecule has 0 aliphatic rings. The molecule has 2 N–H and O–H groups in total. The third-order valence-corrected chi connectivity index (χ3v) is 2.48. The van der Waals surface area contributed by atoms with Crippen LogP contribution in [0.15, 0.2) is 24.5 Å². The van der Waals surface area contributed by atoms with Gasteiger partial charge in [-0.3, -0.25) is 9.78 Å². The molecule has 0 saturated carbocycles. The van der Waals surface area contributed by atoms with Crippen LogP contribution in [0.4, 0.5) is 0 Å². The van der Waals surface area contributed by atoms with Gasteiger partial charge in [0.1, 0.15) is 0 Å². The van der Waals surface area contributed by atoms with Crippen LogP contribution >= 0.6 is 0 Å². The first-order chi connectivity index (χ1) is 8.33. The minimum absolute atomic E-state index is 0.0401. The summed E-state index contributed by atoms with van der Waals surface area (Å²) in [4.78, 5) is 15.4. The highest BCUT2D eigenvalue weighted by Gasteiger charge is 1.99. The largest absolute Gasteiger partial charge is 0.351 e. The van der Waals surface area contributed by atoms with Crippen molar-refractivity contribution in [3.05, 3.63) is 30.1 Å². The van der Waals surface area contributed by atoms with E-state index in [4.69, 9.17) is 0 Å². The Kier molecular flexibility index (Phi) is 6.98. The highest BCUT2D eigenvalue weighted by Crippen LogP contribution is 1.94. The van der Waals surface area contributed by atoms with Gasteiger partial charge in [0.15, 0.2) is 0 Å². The molecule has 1 aromatic rings. The van der Waals surface area contributed by atoms with Gasteiger partial charge in [0, 0.05) is 18.9 Å². The lowest BCUT2D eigenvalue weighted by Crippen LogP contribution is -2.33. The fourth-order valence-electron chi connectivity index (χ4n) is 1.47. The molecule has 1 heterocycles. The minimum atomic E-state index is 0.0401. The molecule has 0 aromatic carbocycles. The molecule has 1 amide bonds. The van der Waals surface area contributed by atoms with Crippen LogP contribution in [-0.2, 0) is 11.3 Å². The van der Waals surface area contributed by atoms with Crippen LogP contribution in [0.25, 0.3) is 0 Å². The van der Waals surface area contributed by atoms with Gasteiger partial charge in [-0.15, -0.1) is 0 Å². The first kappa shape index (κ1) is 13.6. The van der Waals surface area contributed by atoms with E-state index < -0.39 is 0 Å². The van der Waals surface area contributed by atoms with E-state index in [-0.39, 0.29) is 5.91 Å².